The van der Waals surface area contributed by atoms with Crippen LogP contribution in [0.15, 0.2) is 17.5 Å². The summed E-state index contributed by atoms with van der Waals surface area (Å²) in [5.41, 5.74) is 1.24. The molecule has 0 N–H and O–H groups in total. The highest BCUT2D eigenvalue weighted by molar-refractivity contribution is 7.11. The molecule has 0 radical (unpaired) electrons. The number of carbonyl (C=O) groups is 1. The average molecular weight is 193 g/mol. The van der Waals surface area contributed by atoms with Crippen LogP contribution in [0.25, 0.3) is 6.08 Å². The molecule has 0 aromatic carbocycles. The molecule has 1 aromatic rings. The first-order chi connectivity index (χ1) is 6.27. The smallest absolute Gasteiger partial charge is 0.246 e. The van der Waals surface area contributed by atoms with E-state index in [-0.39, 0.29) is 5.91 Å². The largest absolute Gasteiger partial charge is 0.336 e. The van der Waals surface area contributed by atoms with Crippen LogP contribution in [0.3, 0.4) is 0 Å². The molecule has 0 aliphatic carbocycles. The fourth-order valence-electron chi connectivity index (χ4n) is 1.08. The maximum absolute atomic E-state index is 11.3. The highest BCUT2D eigenvalue weighted by Gasteiger charge is 2.21. The topological polar surface area (TPSA) is 20.1 Å². The lowest BCUT2D eigenvalue weighted by molar-refractivity contribution is -0.120. The van der Waals surface area contributed by atoms with E-state index < -0.39 is 0 Å². The first-order valence-electron chi connectivity index (χ1n) is 4.28. The van der Waals surface area contributed by atoms with Crippen molar-refractivity contribution in [1.29, 1.82) is 0 Å². The van der Waals surface area contributed by atoms with Crippen molar-refractivity contribution in [3.05, 3.63) is 28.0 Å². The molecule has 0 atom stereocenters. The van der Waals surface area contributed by atoms with Gasteiger partial charge in [0.2, 0.25) is 5.91 Å². The molecular weight excluding hydrogens is 182 g/mol. The van der Waals surface area contributed by atoms with Crippen LogP contribution >= 0.6 is 11.3 Å². The second-order valence-corrected chi connectivity index (χ2v) is 4.07. The lowest BCUT2D eigenvalue weighted by atomic mass is 10.3. The van der Waals surface area contributed by atoms with Crippen molar-refractivity contribution < 1.29 is 4.79 Å². The Kier molecular flexibility index (Phi) is 2.19. The van der Waals surface area contributed by atoms with Crippen LogP contribution in [0.4, 0.5) is 0 Å². The van der Waals surface area contributed by atoms with Gasteiger partial charge >= 0.3 is 0 Å². The third kappa shape index (κ3) is 1.98. The SMILES string of the molecule is Cc1ccsc1/C=C/C(=O)N1CC1. The van der Waals surface area contributed by atoms with E-state index in [1.165, 1.54) is 10.4 Å². The number of amides is 1. The van der Waals surface area contributed by atoms with Crippen LogP contribution < -0.4 is 0 Å². The van der Waals surface area contributed by atoms with Crippen LogP contribution in [0, 0.1) is 6.92 Å². The molecule has 1 amide bonds. The molecule has 0 unspecified atom stereocenters. The Morgan fingerprint density at radius 2 is 2.38 bits per heavy atom. The molecular formula is C10H11NOS. The predicted octanol–water partition coefficient (Wildman–Crippen LogP) is 1.91. The van der Waals surface area contributed by atoms with E-state index in [2.05, 4.69) is 13.0 Å². The first-order valence-corrected chi connectivity index (χ1v) is 5.16. The van der Waals surface area contributed by atoms with Gasteiger partial charge in [-0.15, -0.1) is 11.3 Å². The van der Waals surface area contributed by atoms with Gasteiger partial charge in [-0.05, 0) is 30.0 Å². The minimum absolute atomic E-state index is 0.132. The zero-order valence-corrected chi connectivity index (χ0v) is 8.30. The summed E-state index contributed by atoms with van der Waals surface area (Å²) in [6, 6.07) is 2.06. The lowest BCUT2D eigenvalue weighted by Crippen LogP contribution is -2.05. The molecule has 1 fully saturated rings. The number of nitrogens with zero attached hydrogens (tertiary/aromatic N) is 1. The molecule has 3 heteroatoms. The maximum atomic E-state index is 11.3. The molecule has 13 heavy (non-hydrogen) atoms. The standard InChI is InChI=1S/C10H11NOS/c1-8-4-7-13-9(8)2-3-10(12)11-5-6-11/h2-4,7H,5-6H2,1H3/b3-2+. The fourth-order valence-corrected chi connectivity index (χ4v) is 1.90. The number of hydrogen-bond donors (Lipinski definition) is 0. The van der Waals surface area contributed by atoms with Gasteiger partial charge in [-0.25, -0.2) is 0 Å². The minimum atomic E-state index is 0.132. The molecule has 68 valence electrons. The molecule has 1 aromatic heterocycles. The molecule has 1 aliphatic rings. The van der Waals surface area contributed by atoms with Gasteiger partial charge in [0.1, 0.15) is 0 Å². The van der Waals surface area contributed by atoms with Crippen molar-refractivity contribution in [2.45, 2.75) is 6.92 Å². The number of thiophene rings is 1. The predicted molar refractivity (Wildman–Crippen MR) is 54.7 cm³/mol. The van der Waals surface area contributed by atoms with E-state index >= 15 is 0 Å². The van der Waals surface area contributed by atoms with E-state index in [4.69, 9.17) is 0 Å². The summed E-state index contributed by atoms with van der Waals surface area (Å²) in [4.78, 5) is 14.2. The Morgan fingerprint density at radius 3 is 2.92 bits per heavy atom. The van der Waals surface area contributed by atoms with Crippen molar-refractivity contribution in [3.63, 3.8) is 0 Å². The van der Waals surface area contributed by atoms with Crippen LogP contribution in [0.2, 0.25) is 0 Å². The van der Waals surface area contributed by atoms with E-state index in [0.29, 0.717) is 0 Å². The highest BCUT2D eigenvalue weighted by Crippen LogP contribution is 2.17. The van der Waals surface area contributed by atoms with E-state index in [0.717, 1.165) is 13.1 Å². The maximum Gasteiger partial charge on any atom is 0.246 e. The molecule has 2 nitrogen and oxygen atoms in total. The molecule has 0 saturated carbocycles. The Balaban J connectivity index is 2.04. The van der Waals surface area contributed by atoms with E-state index in [1.807, 2.05) is 11.5 Å². The third-order valence-electron chi connectivity index (χ3n) is 2.04. The lowest BCUT2D eigenvalue weighted by Gasteiger charge is -1.92. The monoisotopic (exact) mass is 193 g/mol. The minimum Gasteiger partial charge on any atom is -0.336 e. The van der Waals surface area contributed by atoms with Gasteiger partial charge in [0.25, 0.3) is 0 Å². The highest BCUT2D eigenvalue weighted by atomic mass is 32.1. The van der Waals surface area contributed by atoms with Crippen molar-refractivity contribution in [3.8, 4) is 0 Å². The third-order valence-corrected chi connectivity index (χ3v) is 3.02. The Hall–Kier alpha value is -1.09. The Labute approximate surface area is 81.5 Å². The van der Waals surface area contributed by atoms with Crippen LogP contribution in [0.1, 0.15) is 10.4 Å². The summed E-state index contributed by atoms with van der Waals surface area (Å²) >= 11 is 1.67. The number of hydrogen-bond acceptors (Lipinski definition) is 2. The summed E-state index contributed by atoms with van der Waals surface area (Å²) in [7, 11) is 0. The quantitative estimate of drug-likeness (QED) is 0.519. The average Bonchev–Trinajstić information content (AvgIpc) is 2.88. The Bertz CT molecular complexity index is 350. The van der Waals surface area contributed by atoms with Gasteiger partial charge in [-0.2, -0.15) is 0 Å². The first kappa shape index (κ1) is 8.51. The second-order valence-electron chi connectivity index (χ2n) is 3.13. The summed E-state index contributed by atoms with van der Waals surface area (Å²) in [6.07, 6.45) is 3.56. The van der Waals surface area contributed by atoms with Crippen molar-refractivity contribution >= 4 is 23.3 Å². The molecule has 1 aliphatic heterocycles. The van der Waals surface area contributed by atoms with E-state index in [9.17, 15) is 4.79 Å². The number of rotatable bonds is 2. The number of carbonyl (C=O) groups excluding carboxylic acids is 1. The normalized spacial score (nSPS) is 15.3. The van der Waals surface area contributed by atoms with Gasteiger partial charge in [0.05, 0.1) is 0 Å². The molecule has 1 saturated heterocycles. The van der Waals surface area contributed by atoms with Crippen LogP contribution in [0.5, 0.6) is 0 Å². The molecule has 0 spiro atoms. The van der Waals surface area contributed by atoms with Gasteiger partial charge in [-0.3, -0.25) is 4.79 Å². The number of aryl methyl sites for hydroxylation is 1. The molecule has 0 bridgehead atoms. The zero-order valence-electron chi connectivity index (χ0n) is 7.49. The molecule has 2 heterocycles. The van der Waals surface area contributed by atoms with Crippen molar-refractivity contribution in [1.82, 2.24) is 4.90 Å². The van der Waals surface area contributed by atoms with Crippen molar-refractivity contribution in [2.24, 2.45) is 0 Å². The van der Waals surface area contributed by atoms with E-state index in [1.54, 1.807) is 22.3 Å². The fraction of sp³-hybridized carbons (Fsp3) is 0.300. The summed E-state index contributed by atoms with van der Waals surface area (Å²) < 4.78 is 0. The Morgan fingerprint density at radius 1 is 1.62 bits per heavy atom. The van der Waals surface area contributed by atoms with Crippen LogP contribution in [-0.4, -0.2) is 23.9 Å². The van der Waals surface area contributed by atoms with Gasteiger partial charge in [0.15, 0.2) is 0 Å². The van der Waals surface area contributed by atoms with Gasteiger partial charge < -0.3 is 4.90 Å². The molecule has 2 rings (SSSR count). The van der Waals surface area contributed by atoms with Gasteiger partial charge in [0, 0.05) is 24.0 Å². The summed E-state index contributed by atoms with van der Waals surface area (Å²) in [5.74, 6) is 0.132. The summed E-state index contributed by atoms with van der Waals surface area (Å²) in [5, 5.41) is 2.04. The van der Waals surface area contributed by atoms with Gasteiger partial charge in [-0.1, -0.05) is 0 Å². The summed E-state index contributed by atoms with van der Waals surface area (Å²) in [6.45, 7) is 3.90. The van der Waals surface area contributed by atoms with Crippen molar-refractivity contribution in [2.75, 3.05) is 13.1 Å². The zero-order chi connectivity index (χ0) is 9.26. The second kappa shape index (κ2) is 3.34. The van der Waals surface area contributed by atoms with Crippen LogP contribution in [-0.2, 0) is 4.79 Å².